The molecule has 0 aliphatic heterocycles. The van der Waals surface area contributed by atoms with E-state index in [9.17, 15) is 13.2 Å². The van der Waals surface area contributed by atoms with Crippen LogP contribution in [0.25, 0.3) is 0 Å². The molecule has 0 unspecified atom stereocenters. The molecule has 0 fully saturated rings. The SMILES string of the molecule is CN(C(=O)Nc1ncc(Oc2cccc(Cl)c2)s1)c1cccc(S(=O)(=O)N(C)C)c1. The lowest BCUT2D eigenvalue weighted by Crippen LogP contribution is -2.31. The number of thiazole rings is 1. The molecule has 3 rings (SSSR count). The molecule has 1 heterocycles. The van der Waals surface area contributed by atoms with Crippen molar-refractivity contribution < 1.29 is 17.9 Å². The summed E-state index contributed by atoms with van der Waals surface area (Å²) < 4.78 is 31.4. The lowest BCUT2D eigenvalue weighted by molar-refractivity contribution is 0.258. The van der Waals surface area contributed by atoms with Gasteiger partial charge in [-0.3, -0.25) is 10.2 Å². The number of nitrogens with zero attached hydrogens (tertiary/aromatic N) is 3. The summed E-state index contributed by atoms with van der Waals surface area (Å²) in [5.41, 5.74) is 0.419. The van der Waals surface area contributed by atoms with Crippen molar-refractivity contribution in [1.29, 1.82) is 0 Å². The first-order chi connectivity index (χ1) is 14.2. The van der Waals surface area contributed by atoms with Crippen LogP contribution < -0.4 is 15.0 Å². The number of halogens is 1. The number of aromatic nitrogens is 1. The Morgan fingerprint density at radius 3 is 2.57 bits per heavy atom. The number of benzene rings is 2. The van der Waals surface area contributed by atoms with E-state index in [4.69, 9.17) is 16.3 Å². The quantitative estimate of drug-likeness (QED) is 0.577. The molecule has 0 saturated heterocycles. The summed E-state index contributed by atoms with van der Waals surface area (Å²) in [7, 11) is 0.824. The lowest BCUT2D eigenvalue weighted by Gasteiger charge is -2.19. The smallest absolute Gasteiger partial charge is 0.327 e. The third-order valence-electron chi connectivity index (χ3n) is 4.00. The Balaban J connectivity index is 1.70. The van der Waals surface area contributed by atoms with Crippen molar-refractivity contribution in [2.75, 3.05) is 31.4 Å². The van der Waals surface area contributed by atoms with Gasteiger partial charge in [-0.25, -0.2) is 22.5 Å². The van der Waals surface area contributed by atoms with Crippen LogP contribution in [-0.4, -0.2) is 44.9 Å². The molecule has 0 radical (unpaired) electrons. The standard InChI is InChI=1S/C19H19ClN4O4S2/c1-23(2)30(26,27)16-9-5-7-14(11-16)24(3)19(25)22-18-21-12-17(29-18)28-15-8-4-6-13(20)10-15/h4-12H,1-3H3,(H,21,22,25). The zero-order valence-corrected chi connectivity index (χ0v) is 18.8. The summed E-state index contributed by atoms with van der Waals surface area (Å²) in [6.45, 7) is 0. The minimum absolute atomic E-state index is 0.0936. The molecule has 0 aliphatic rings. The summed E-state index contributed by atoms with van der Waals surface area (Å²) in [5, 5.41) is 4.03. The maximum atomic E-state index is 12.6. The summed E-state index contributed by atoms with van der Waals surface area (Å²) >= 11 is 7.09. The largest absolute Gasteiger partial charge is 0.445 e. The predicted molar refractivity (Wildman–Crippen MR) is 118 cm³/mol. The molecule has 30 heavy (non-hydrogen) atoms. The van der Waals surface area contributed by atoms with Crippen molar-refractivity contribution in [3.05, 3.63) is 59.8 Å². The second kappa shape index (κ2) is 9.00. The van der Waals surface area contributed by atoms with E-state index >= 15 is 0 Å². The molecule has 0 aliphatic carbocycles. The van der Waals surface area contributed by atoms with Crippen molar-refractivity contribution in [3.63, 3.8) is 0 Å². The number of ether oxygens (including phenoxy) is 1. The second-order valence-corrected chi connectivity index (χ2v) is 9.90. The fraction of sp³-hybridized carbons (Fsp3) is 0.158. The zero-order valence-electron chi connectivity index (χ0n) is 16.4. The Kier molecular flexibility index (Phi) is 6.61. The molecular formula is C19H19ClN4O4S2. The molecule has 0 saturated carbocycles. The molecule has 2 amide bonds. The number of nitrogens with one attached hydrogen (secondary N) is 1. The van der Waals surface area contributed by atoms with E-state index in [0.717, 1.165) is 15.6 Å². The van der Waals surface area contributed by atoms with Gasteiger partial charge in [0.25, 0.3) is 0 Å². The van der Waals surface area contributed by atoms with Crippen LogP contribution in [0, 0.1) is 0 Å². The van der Waals surface area contributed by atoms with Gasteiger partial charge in [-0.05, 0) is 36.4 Å². The molecule has 0 atom stereocenters. The van der Waals surface area contributed by atoms with Crippen LogP contribution in [0.5, 0.6) is 10.8 Å². The average molecular weight is 467 g/mol. The number of amides is 2. The monoisotopic (exact) mass is 466 g/mol. The maximum Gasteiger partial charge on any atom is 0.327 e. The van der Waals surface area contributed by atoms with Gasteiger partial charge in [0.1, 0.15) is 5.75 Å². The van der Waals surface area contributed by atoms with Gasteiger partial charge in [0.15, 0.2) is 5.13 Å². The fourth-order valence-electron chi connectivity index (χ4n) is 2.37. The zero-order chi connectivity index (χ0) is 21.9. The topological polar surface area (TPSA) is 91.8 Å². The van der Waals surface area contributed by atoms with Crippen LogP contribution in [0.3, 0.4) is 0 Å². The van der Waals surface area contributed by atoms with Crippen LogP contribution >= 0.6 is 22.9 Å². The van der Waals surface area contributed by atoms with E-state index in [1.165, 1.54) is 44.4 Å². The van der Waals surface area contributed by atoms with Crippen molar-refractivity contribution in [3.8, 4) is 10.8 Å². The third-order valence-corrected chi connectivity index (χ3v) is 6.84. The van der Waals surface area contributed by atoms with Gasteiger partial charge in [0.2, 0.25) is 15.1 Å². The summed E-state index contributed by atoms with van der Waals surface area (Å²) in [4.78, 5) is 18.1. The first-order valence-corrected chi connectivity index (χ1v) is 11.3. The molecule has 2 aromatic carbocycles. The molecule has 0 spiro atoms. The summed E-state index contributed by atoms with van der Waals surface area (Å²) in [6.07, 6.45) is 1.49. The van der Waals surface area contributed by atoms with Crippen molar-refractivity contribution in [2.24, 2.45) is 0 Å². The number of sulfonamides is 1. The second-order valence-electron chi connectivity index (χ2n) is 6.32. The third kappa shape index (κ3) is 5.08. The van der Waals surface area contributed by atoms with Gasteiger partial charge in [-0.2, -0.15) is 0 Å². The lowest BCUT2D eigenvalue weighted by atomic mass is 10.3. The fourth-order valence-corrected chi connectivity index (χ4v) is 4.17. The summed E-state index contributed by atoms with van der Waals surface area (Å²) in [5.74, 6) is 0.556. The Bertz CT molecular complexity index is 1160. The van der Waals surface area contributed by atoms with E-state index in [-0.39, 0.29) is 4.90 Å². The van der Waals surface area contributed by atoms with E-state index in [2.05, 4.69) is 10.3 Å². The molecule has 0 bridgehead atoms. The van der Waals surface area contributed by atoms with Gasteiger partial charge in [-0.1, -0.05) is 35.1 Å². The van der Waals surface area contributed by atoms with E-state index in [1.807, 2.05) is 0 Å². The molecule has 158 valence electrons. The molecular weight excluding hydrogens is 448 g/mol. The number of rotatable bonds is 6. The number of urea groups is 1. The van der Waals surface area contributed by atoms with Crippen LogP contribution in [0.1, 0.15) is 0 Å². The minimum atomic E-state index is -3.61. The van der Waals surface area contributed by atoms with Crippen LogP contribution in [0.4, 0.5) is 15.6 Å². The van der Waals surface area contributed by atoms with E-state index in [0.29, 0.717) is 26.7 Å². The Labute approximate surface area is 183 Å². The highest BCUT2D eigenvalue weighted by Crippen LogP contribution is 2.31. The molecule has 1 aromatic heterocycles. The molecule has 3 aromatic rings. The van der Waals surface area contributed by atoms with Crippen molar-refractivity contribution in [1.82, 2.24) is 9.29 Å². The molecule has 11 heteroatoms. The molecule has 1 N–H and O–H groups in total. The highest BCUT2D eigenvalue weighted by atomic mass is 35.5. The van der Waals surface area contributed by atoms with Crippen molar-refractivity contribution >= 4 is 49.8 Å². The first kappa shape index (κ1) is 22.0. The van der Waals surface area contributed by atoms with Crippen LogP contribution in [-0.2, 0) is 10.0 Å². The van der Waals surface area contributed by atoms with Crippen LogP contribution in [0.2, 0.25) is 5.02 Å². The number of hydrogen-bond donors (Lipinski definition) is 1. The summed E-state index contributed by atoms with van der Waals surface area (Å²) in [6, 6.07) is 12.6. The maximum absolute atomic E-state index is 12.6. The van der Waals surface area contributed by atoms with E-state index in [1.54, 1.807) is 36.4 Å². The highest BCUT2D eigenvalue weighted by Gasteiger charge is 2.20. The number of hydrogen-bond acceptors (Lipinski definition) is 6. The first-order valence-electron chi connectivity index (χ1n) is 8.63. The van der Waals surface area contributed by atoms with Gasteiger partial charge < -0.3 is 4.74 Å². The number of carbonyl (C=O) groups is 1. The Hall–Kier alpha value is -2.66. The van der Waals surface area contributed by atoms with Gasteiger partial charge in [0.05, 0.1) is 11.1 Å². The van der Waals surface area contributed by atoms with Gasteiger partial charge >= 0.3 is 6.03 Å². The minimum Gasteiger partial charge on any atom is -0.445 e. The van der Waals surface area contributed by atoms with Gasteiger partial charge in [-0.15, -0.1) is 0 Å². The van der Waals surface area contributed by atoms with Crippen molar-refractivity contribution in [2.45, 2.75) is 4.90 Å². The highest BCUT2D eigenvalue weighted by molar-refractivity contribution is 7.89. The number of carbonyl (C=O) groups excluding carboxylic acids is 1. The normalized spacial score (nSPS) is 11.4. The average Bonchev–Trinajstić information content (AvgIpc) is 3.14. The van der Waals surface area contributed by atoms with Gasteiger partial charge in [0, 0.05) is 31.9 Å². The Morgan fingerprint density at radius 2 is 1.87 bits per heavy atom. The molecule has 8 nitrogen and oxygen atoms in total. The predicted octanol–water partition coefficient (Wildman–Crippen LogP) is 4.51. The van der Waals surface area contributed by atoms with E-state index < -0.39 is 16.1 Å². The number of anilines is 2. The van der Waals surface area contributed by atoms with Crippen LogP contribution in [0.15, 0.2) is 59.6 Å². The Morgan fingerprint density at radius 1 is 1.13 bits per heavy atom.